The van der Waals surface area contributed by atoms with Gasteiger partial charge in [-0.2, -0.15) is 0 Å². The van der Waals surface area contributed by atoms with Crippen LogP contribution >= 0.6 is 23.4 Å². The highest BCUT2D eigenvalue weighted by Crippen LogP contribution is 2.33. The average Bonchev–Trinajstić information content (AvgIpc) is 3.40. The Hall–Kier alpha value is -2.05. The predicted molar refractivity (Wildman–Crippen MR) is 100 cm³/mol. The van der Waals surface area contributed by atoms with E-state index in [1.54, 1.807) is 36.4 Å². The third-order valence-electron chi connectivity index (χ3n) is 3.90. The quantitative estimate of drug-likeness (QED) is 0.808. The van der Waals surface area contributed by atoms with E-state index in [9.17, 15) is 14.0 Å². The van der Waals surface area contributed by atoms with Gasteiger partial charge in [0.15, 0.2) is 0 Å². The number of rotatable bonds is 6. The fourth-order valence-electron chi connectivity index (χ4n) is 2.41. The van der Waals surface area contributed by atoms with Gasteiger partial charge in [-0.1, -0.05) is 29.4 Å². The summed E-state index contributed by atoms with van der Waals surface area (Å²) >= 11 is 7.16. The number of hydrogen-bond acceptors (Lipinski definition) is 3. The van der Waals surface area contributed by atoms with Gasteiger partial charge in [0, 0.05) is 27.9 Å². The zero-order chi connectivity index (χ0) is 18.7. The number of nitrogens with one attached hydrogen (secondary N) is 1. The van der Waals surface area contributed by atoms with Crippen molar-refractivity contribution in [2.45, 2.75) is 28.7 Å². The summed E-state index contributed by atoms with van der Waals surface area (Å²) in [4.78, 5) is 27.2. The van der Waals surface area contributed by atoms with Gasteiger partial charge < -0.3 is 10.2 Å². The van der Waals surface area contributed by atoms with Crippen LogP contribution < -0.4 is 5.32 Å². The minimum absolute atomic E-state index is 0.0332. The number of carbonyl (C=O) groups is 2. The van der Waals surface area contributed by atoms with Crippen LogP contribution in [0.5, 0.6) is 0 Å². The molecule has 0 unspecified atom stereocenters. The molecule has 0 saturated heterocycles. The lowest BCUT2D eigenvalue weighted by Crippen LogP contribution is -2.39. The smallest absolute Gasteiger partial charge is 0.258 e. The molecule has 0 aliphatic heterocycles. The number of nitrogens with zero attached hydrogens (tertiary/aromatic N) is 1. The van der Waals surface area contributed by atoms with Crippen LogP contribution in [0.2, 0.25) is 5.02 Å². The van der Waals surface area contributed by atoms with Crippen molar-refractivity contribution in [3.63, 3.8) is 0 Å². The van der Waals surface area contributed by atoms with Crippen molar-refractivity contribution in [1.29, 1.82) is 0 Å². The van der Waals surface area contributed by atoms with E-state index in [-0.39, 0.29) is 24.1 Å². The molecular formula is C19H18ClFN2O2S. The Morgan fingerprint density at radius 3 is 2.58 bits per heavy atom. The number of hydrogen-bond donors (Lipinski definition) is 1. The molecule has 1 saturated carbocycles. The normalized spacial score (nSPS) is 13.3. The lowest BCUT2D eigenvalue weighted by molar-refractivity contribution is -0.121. The van der Waals surface area contributed by atoms with Crippen LogP contribution in [0, 0.1) is 5.82 Å². The Kier molecular flexibility index (Phi) is 5.84. The van der Waals surface area contributed by atoms with Crippen LogP contribution in [0.15, 0.2) is 52.3 Å². The van der Waals surface area contributed by atoms with E-state index in [1.807, 2.05) is 0 Å². The number of likely N-dealkylation sites (N-methyl/N-ethyl adjacent to an activating group) is 1. The molecule has 1 fully saturated rings. The summed E-state index contributed by atoms with van der Waals surface area (Å²) in [5, 5.41) is 3.42. The SMILES string of the molecule is CN(CC(=O)NC1CC1)C(=O)c1c(F)cccc1Sc1ccc(Cl)cc1. The van der Waals surface area contributed by atoms with E-state index in [0.717, 1.165) is 17.7 Å². The van der Waals surface area contributed by atoms with E-state index in [0.29, 0.717) is 9.92 Å². The largest absolute Gasteiger partial charge is 0.352 e. The Bertz CT molecular complexity index is 825. The number of amides is 2. The first kappa shape index (κ1) is 18.7. The van der Waals surface area contributed by atoms with Crippen molar-refractivity contribution in [2.24, 2.45) is 0 Å². The van der Waals surface area contributed by atoms with Gasteiger partial charge in [0.2, 0.25) is 5.91 Å². The van der Waals surface area contributed by atoms with Crippen molar-refractivity contribution in [3.05, 3.63) is 58.9 Å². The number of halogens is 2. The summed E-state index contributed by atoms with van der Waals surface area (Å²) in [6, 6.07) is 11.8. The Morgan fingerprint density at radius 2 is 1.92 bits per heavy atom. The van der Waals surface area contributed by atoms with Crippen LogP contribution in [0.4, 0.5) is 4.39 Å². The third-order valence-corrected chi connectivity index (χ3v) is 5.22. The summed E-state index contributed by atoms with van der Waals surface area (Å²) in [5.74, 6) is -1.36. The lowest BCUT2D eigenvalue weighted by Gasteiger charge is -2.19. The zero-order valence-electron chi connectivity index (χ0n) is 14.2. The molecule has 3 rings (SSSR count). The van der Waals surface area contributed by atoms with E-state index >= 15 is 0 Å². The molecule has 0 bridgehead atoms. The monoisotopic (exact) mass is 392 g/mol. The Labute approximate surface area is 160 Å². The molecule has 1 N–H and O–H groups in total. The van der Waals surface area contributed by atoms with Crippen molar-refractivity contribution in [2.75, 3.05) is 13.6 Å². The highest BCUT2D eigenvalue weighted by Gasteiger charge is 2.26. The standard InChI is InChI=1S/C19H18ClFN2O2S/c1-23(11-17(24)22-13-7-8-13)19(25)18-15(21)3-2-4-16(18)26-14-9-5-12(20)6-10-14/h2-6,9-10,13H,7-8,11H2,1H3,(H,22,24). The summed E-state index contributed by atoms with van der Waals surface area (Å²) in [7, 11) is 1.50. The first-order valence-electron chi connectivity index (χ1n) is 8.21. The maximum atomic E-state index is 14.4. The molecule has 1 aliphatic carbocycles. The van der Waals surface area contributed by atoms with Crippen LogP contribution in [0.3, 0.4) is 0 Å². The maximum absolute atomic E-state index is 14.4. The zero-order valence-corrected chi connectivity index (χ0v) is 15.7. The summed E-state index contributed by atoms with van der Waals surface area (Å²) in [6.07, 6.45) is 1.94. The predicted octanol–water partition coefficient (Wildman–Crippen LogP) is 3.98. The molecule has 2 aromatic carbocycles. The molecule has 136 valence electrons. The molecule has 0 heterocycles. The molecule has 26 heavy (non-hydrogen) atoms. The molecule has 7 heteroatoms. The van der Waals surface area contributed by atoms with Gasteiger partial charge in [-0.05, 0) is 49.2 Å². The van der Waals surface area contributed by atoms with Crippen LogP contribution in [0.25, 0.3) is 0 Å². The fraction of sp³-hybridized carbons (Fsp3) is 0.263. The summed E-state index contributed by atoms with van der Waals surface area (Å²) in [5.41, 5.74) is -0.0332. The lowest BCUT2D eigenvalue weighted by atomic mass is 10.2. The number of benzene rings is 2. The molecular weight excluding hydrogens is 375 g/mol. The molecule has 1 aliphatic rings. The van der Waals surface area contributed by atoms with Gasteiger partial charge in [0.1, 0.15) is 5.82 Å². The molecule has 4 nitrogen and oxygen atoms in total. The van der Waals surface area contributed by atoms with Gasteiger partial charge in [-0.25, -0.2) is 4.39 Å². The number of carbonyl (C=O) groups excluding carboxylic acids is 2. The summed E-state index contributed by atoms with van der Waals surface area (Å²) < 4.78 is 14.4. The second-order valence-electron chi connectivity index (χ2n) is 6.17. The van der Waals surface area contributed by atoms with Gasteiger partial charge in [0.05, 0.1) is 12.1 Å². The van der Waals surface area contributed by atoms with Crippen LogP contribution in [0.1, 0.15) is 23.2 Å². The van der Waals surface area contributed by atoms with Crippen LogP contribution in [-0.2, 0) is 4.79 Å². The molecule has 0 atom stereocenters. The molecule has 0 radical (unpaired) electrons. The topological polar surface area (TPSA) is 49.4 Å². The van der Waals surface area contributed by atoms with E-state index in [2.05, 4.69) is 5.32 Å². The fourth-order valence-corrected chi connectivity index (χ4v) is 3.49. The Morgan fingerprint density at radius 1 is 1.23 bits per heavy atom. The Balaban J connectivity index is 1.77. The van der Waals surface area contributed by atoms with Crippen molar-refractivity contribution < 1.29 is 14.0 Å². The minimum atomic E-state index is -0.608. The van der Waals surface area contributed by atoms with E-state index in [1.165, 1.54) is 29.8 Å². The third kappa shape index (κ3) is 4.77. The average molecular weight is 393 g/mol. The first-order chi connectivity index (χ1) is 12.4. The highest BCUT2D eigenvalue weighted by molar-refractivity contribution is 7.99. The van der Waals surface area contributed by atoms with Gasteiger partial charge in [0.25, 0.3) is 5.91 Å². The van der Waals surface area contributed by atoms with Crippen molar-refractivity contribution in [1.82, 2.24) is 10.2 Å². The van der Waals surface area contributed by atoms with Crippen molar-refractivity contribution >= 4 is 35.2 Å². The second-order valence-corrected chi connectivity index (χ2v) is 7.72. The molecule has 2 aromatic rings. The molecule has 0 aromatic heterocycles. The minimum Gasteiger partial charge on any atom is -0.352 e. The van der Waals surface area contributed by atoms with Gasteiger partial charge in [-0.15, -0.1) is 0 Å². The first-order valence-corrected chi connectivity index (χ1v) is 9.40. The van der Waals surface area contributed by atoms with Crippen LogP contribution in [-0.4, -0.2) is 36.3 Å². The van der Waals surface area contributed by atoms with Gasteiger partial charge in [-0.3, -0.25) is 9.59 Å². The summed E-state index contributed by atoms with van der Waals surface area (Å²) in [6.45, 7) is -0.102. The van der Waals surface area contributed by atoms with E-state index in [4.69, 9.17) is 11.6 Å². The van der Waals surface area contributed by atoms with Crippen molar-refractivity contribution in [3.8, 4) is 0 Å². The van der Waals surface area contributed by atoms with Gasteiger partial charge >= 0.3 is 0 Å². The molecule has 0 spiro atoms. The second kappa shape index (κ2) is 8.10. The highest BCUT2D eigenvalue weighted by atomic mass is 35.5. The van der Waals surface area contributed by atoms with E-state index < -0.39 is 11.7 Å². The molecule has 2 amide bonds. The maximum Gasteiger partial charge on any atom is 0.258 e.